The second-order valence-corrected chi connectivity index (χ2v) is 6.53. The molecule has 0 spiro atoms. The highest BCUT2D eigenvalue weighted by Crippen LogP contribution is 2.22. The SMILES string of the molecule is O=c1[nH]ccc2cc(OC3CCCN(Cc4cccnc4)C3)ccc12. The number of fused-ring (bicyclic) bond motifs is 1. The third kappa shape index (κ3) is 3.72. The Hall–Kier alpha value is -2.66. The maximum atomic E-state index is 11.8. The molecule has 1 N–H and O–H groups in total. The number of rotatable bonds is 4. The minimum atomic E-state index is -0.0654. The van der Waals surface area contributed by atoms with Gasteiger partial charge >= 0.3 is 0 Å². The van der Waals surface area contributed by atoms with E-state index in [0.717, 1.165) is 43.6 Å². The Kier molecular flexibility index (Phi) is 4.48. The molecular weight excluding hydrogens is 314 g/mol. The van der Waals surface area contributed by atoms with E-state index in [9.17, 15) is 4.79 Å². The molecule has 0 radical (unpaired) electrons. The molecular formula is C20H21N3O2. The number of pyridine rings is 2. The third-order valence-corrected chi connectivity index (χ3v) is 4.64. The molecule has 5 nitrogen and oxygen atoms in total. The number of aromatic nitrogens is 2. The van der Waals surface area contributed by atoms with Crippen LogP contribution in [0.1, 0.15) is 18.4 Å². The van der Waals surface area contributed by atoms with Crippen LogP contribution in [0.3, 0.4) is 0 Å². The van der Waals surface area contributed by atoms with Gasteiger partial charge in [0, 0.05) is 37.1 Å². The maximum absolute atomic E-state index is 11.8. The summed E-state index contributed by atoms with van der Waals surface area (Å²) >= 11 is 0. The normalized spacial score (nSPS) is 18.3. The second kappa shape index (κ2) is 7.07. The first-order chi connectivity index (χ1) is 12.3. The van der Waals surface area contributed by atoms with Crippen molar-refractivity contribution in [2.45, 2.75) is 25.5 Å². The van der Waals surface area contributed by atoms with E-state index in [1.165, 1.54) is 5.56 Å². The predicted octanol–water partition coefficient (Wildman–Crippen LogP) is 2.97. The number of nitrogens with zero attached hydrogens (tertiary/aromatic N) is 2. The Morgan fingerprint density at radius 3 is 3.12 bits per heavy atom. The second-order valence-electron chi connectivity index (χ2n) is 6.53. The Morgan fingerprint density at radius 2 is 2.24 bits per heavy atom. The first-order valence-electron chi connectivity index (χ1n) is 8.67. The summed E-state index contributed by atoms with van der Waals surface area (Å²) in [5.41, 5.74) is 1.16. The predicted molar refractivity (Wildman–Crippen MR) is 97.7 cm³/mol. The zero-order chi connectivity index (χ0) is 17.1. The first kappa shape index (κ1) is 15.8. The standard InChI is InChI=1S/C20H21N3O2/c24-20-19-6-5-17(11-16(19)7-9-22-20)25-18-4-2-10-23(14-18)13-15-3-1-8-21-12-15/h1,3,5-9,11-12,18H,2,4,10,13-14H2,(H,22,24). The van der Waals surface area contributed by atoms with Gasteiger partial charge in [-0.05, 0) is 60.7 Å². The minimum absolute atomic E-state index is 0.0654. The zero-order valence-electron chi connectivity index (χ0n) is 14.0. The highest BCUT2D eigenvalue weighted by molar-refractivity contribution is 5.82. The summed E-state index contributed by atoms with van der Waals surface area (Å²) in [4.78, 5) is 21.1. The molecule has 0 bridgehead atoms. The van der Waals surface area contributed by atoms with E-state index < -0.39 is 0 Å². The molecule has 1 aliphatic rings. The molecule has 1 saturated heterocycles. The van der Waals surface area contributed by atoms with Crippen LogP contribution in [0.15, 0.2) is 59.8 Å². The van der Waals surface area contributed by atoms with Crippen LogP contribution in [0.4, 0.5) is 0 Å². The fourth-order valence-corrected chi connectivity index (χ4v) is 3.44. The van der Waals surface area contributed by atoms with Crippen molar-refractivity contribution >= 4 is 10.8 Å². The van der Waals surface area contributed by atoms with E-state index in [1.807, 2.05) is 36.5 Å². The summed E-state index contributed by atoms with van der Waals surface area (Å²) in [6.07, 6.45) is 7.74. The van der Waals surface area contributed by atoms with Crippen LogP contribution in [0.25, 0.3) is 10.8 Å². The number of hydrogen-bond donors (Lipinski definition) is 1. The van der Waals surface area contributed by atoms with E-state index in [0.29, 0.717) is 5.39 Å². The highest BCUT2D eigenvalue weighted by Gasteiger charge is 2.21. The Bertz CT molecular complexity index is 907. The summed E-state index contributed by atoms with van der Waals surface area (Å²) < 4.78 is 6.20. The molecule has 1 unspecified atom stereocenters. The van der Waals surface area contributed by atoms with Gasteiger partial charge in [-0.15, -0.1) is 0 Å². The summed E-state index contributed by atoms with van der Waals surface area (Å²) in [6, 6.07) is 11.7. The fraction of sp³-hybridized carbons (Fsp3) is 0.300. The number of piperidine rings is 1. The topological polar surface area (TPSA) is 58.2 Å². The van der Waals surface area contributed by atoms with Gasteiger partial charge in [0.05, 0.1) is 0 Å². The minimum Gasteiger partial charge on any atom is -0.489 e. The lowest BCUT2D eigenvalue weighted by Crippen LogP contribution is -2.40. The van der Waals surface area contributed by atoms with Crippen LogP contribution >= 0.6 is 0 Å². The van der Waals surface area contributed by atoms with Crippen LogP contribution in [0, 0.1) is 0 Å². The van der Waals surface area contributed by atoms with Crippen LogP contribution in [0.2, 0.25) is 0 Å². The van der Waals surface area contributed by atoms with E-state index >= 15 is 0 Å². The van der Waals surface area contributed by atoms with Gasteiger partial charge in [-0.3, -0.25) is 14.7 Å². The molecule has 1 atom stereocenters. The largest absolute Gasteiger partial charge is 0.489 e. The molecule has 25 heavy (non-hydrogen) atoms. The van der Waals surface area contributed by atoms with Gasteiger partial charge in [-0.2, -0.15) is 0 Å². The number of H-pyrrole nitrogens is 1. The Morgan fingerprint density at radius 1 is 1.28 bits per heavy atom. The molecule has 2 aromatic heterocycles. The molecule has 4 rings (SSSR count). The van der Waals surface area contributed by atoms with Gasteiger partial charge in [0.2, 0.25) is 0 Å². The summed E-state index contributed by atoms with van der Waals surface area (Å²) in [7, 11) is 0. The first-order valence-corrected chi connectivity index (χ1v) is 8.67. The van der Waals surface area contributed by atoms with Gasteiger partial charge in [-0.25, -0.2) is 0 Å². The van der Waals surface area contributed by atoms with E-state index in [-0.39, 0.29) is 11.7 Å². The van der Waals surface area contributed by atoms with Crippen LogP contribution in [-0.4, -0.2) is 34.1 Å². The molecule has 128 valence electrons. The van der Waals surface area contributed by atoms with Crippen molar-refractivity contribution in [1.29, 1.82) is 0 Å². The monoisotopic (exact) mass is 335 g/mol. The summed E-state index contributed by atoms with van der Waals surface area (Å²) in [5.74, 6) is 0.825. The summed E-state index contributed by atoms with van der Waals surface area (Å²) in [6.45, 7) is 2.89. The van der Waals surface area contributed by atoms with Gasteiger partial charge in [0.15, 0.2) is 0 Å². The zero-order valence-corrected chi connectivity index (χ0v) is 14.0. The number of nitrogens with one attached hydrogen (secondary N) is 1. The van der Waals surface area contributed by atoms with Gasteiger partial charge in [0.1, 0.15) is 11.9 Å². The lowest BCUT2D eigenvalue weighted by molar-refractivity contribution is 0.0843. The van der Waals surface area contributed by atoms with E-state index in [2.05, 4.69) is 20.9 Å². The van der Waals surface area contributed by atoms with Crippen molar-refractivity contribution < 1.29 is 4.74 Å². The quantitative estimate of drug-likeness (QED) is 0.796. The molecule has 0 amide bonds. The van der Waals surface area contributed by atoms with Gasteiger partial charge in [-0.1, -0.05) is 6.07 Å². The van der Waals surface area contributed by atoms with Crippen molar-refractivity contribution in [3.63, 3.8) is 0 Å². The number of hydrogen-bond acceptors (Lipinski definition) is 4. The molecule has 1 aromatic carbocycles. The highest BCUT2D eigenvalue weighted by atomic mass is 16.5. The number of aromatic amines is 1. The molecule has 5 heteroatoms. The van der Waals surface area contributed by atoms with Gasteiger partial charge < -0.3 is 9.72 Å². The van der Waals surface area contributed by atoms with Crippen molar-refractivity contribution in [2.24, 2.45) is 0 Å². The molecule has 3 heterocycles. The van der Waals surface area contributed by atoms with Crippen molar-refractivity contribution in [1.82, 2.24) is 14.9 Å². The molecule has 1 fully saturated rings. The molecule has 1 aliphatic heterocycles. The van der Waals surface area contributed by atoms with Crippen LogP contribution in [0.5, 0.6) is 5.75 Å². The maximum Gasteiger partial charge on any atom is 0.255 e. The van der Waals surface area contributed by atoms with E-state index in [1.54, 1.807) is 12.4 Å². The molecule has 0 aliphatic carbocycles. The lowest BCUT2D eigenvalue weighted by Gasteiger charge is -2.32. The molecule has 0 saturated carbocycles. The Balaban J connectivity index is 1.44. The smallest absolute Gasteiger partial charge is 0.255 e. The Labute approximate surface area is 146 Å². The average Bonchev–Trinajstić information content (AvgIpc) is 2.63. The van der Waals surface area contributed by atoms with Crippen molar-refractivity contribution in [3.05, 3.63) is 70.9 Å². The van der Waals surface area contributed by atoms with Crippen molar-refractivity contribution in [3.8, 4) is 5.75 Å². The number of benzene rings is 1. The lowest BCUT2D eigenvalue weighted by atomic mass is 10.1. The average molecular weight is 335 g/mol. The fourth-order valence-electron chi connectivity index (χ4n) is 3.44. The van der Waals surface area contributed by atoms with Crippen molar-refractivity contribution in [2.75, 3.05) is 13.1 Å². The summed E-state index contributed by atoms with van der Waals surface area (Å²) in [5, 5.41) is 1.60. The van der Waals surface area contributed by atoms with E-state index in [4.69, 9.17) is 4.74 Å². The third-order valence-electron chi connectivity index (χ3n) is 4.64. The van der Waals surface area contributed by atoms with Crippen LogP contribution in [-0.2, 0) is 6.54 Å². The van der Waals surface area contributed by atoms with Crippen LogP contribution < -0.4 is 10.3 Å². The number of likely N-dealkylation sites (tertiary alicyclic amines) is 1. The van der Waals surface area contributed by atoms with Gasteiger partial charge in [0.25, 0.3) is 5.56 Å². The molecule has 3 aromatic rings. The number of ether oxygens (including phenoxy) is 1.